The number of carbonyl (C=O) groups excluding carboxylic acids is 3. The van der Waals surface area contributed by atoms with Crippen molar-refractivity contribution in [2.24, 2.45) is 29.1 Å². The van der Waals surface area contributed by atoms with Gasteiger partial charge in [-0.3, -0.25) is 14.4 Å². The molecule has 0 bridgehead atoms. The molecule has 3 unspecified atom stereocenters. The minimum absolute atomic E-state index is 0. The zero-order valence-electron chi connectivity index (χ0n) is 18.3. The third-order valence-electron chi connectivity index (χ3n) is 9.54. The van der Waals surface area contributed by atoms with Crippen LogP contribution in [-0.2, 0) is 19.1 Å². The van der Waals surface area contributed by atoms with E-state index >= 15 is 0 Å². The number of hydrogen-bond donors (Lipinski definition) is 2. The van der Waals surface area contributed by atoms with Crippen LogP contribution in [0.3, 0.4) is 0 Å². The molecule has 5 aliphatic rings. The van der Waals surface area contributed by atoms with Crippen LogP contribution in [-0.4, -0.2) is 74.6 Å². The molecule has 6 nitrogen and oxygen atoms in total. The molecule has 1 saturated heterocycles. The van der Waals surface area contributed by atoms with Crippen molar-refractivity contribution in [3.05, 3.63) is 23.8 Å². The Bertz CT molecular complexity index is 910. The fourth-order valence-corrected chi connectivity index (χ4v) is 7.97. The van der Waals surface area contributed by atoms with Gasteiger partial charge in [0.15, 0.2) is 5.78 Å². The van der Waals surface area contributed by atoms with Crippen LogP contribution in [0.15, 0.2) is 23.8 Å². The summed E-state index contributed by atoms with van der Waals surface area (Å²) in [6, 6.07) is 0. The Hall–Kier alpha value is -0.790. The van der Waals surface area contributed by atoms with Crippen LogP contribution < -0.4 is 0 Å². The first kappa shape index (κ1) is 24.3. The first-order valence-corrected chi connectivity index (χ1v) is 11.8. The third kappa shape index (κ3) is 3.06. The van der Waals surface area contributed by atoms with Crippen LogP contribution in [0, 0.1) is 29.1 Å². The molecule has 4 aliphatic carbocycles. The summed E-state index contributed by atoms with van der Waals surface area (Å²) in [4.78, 5) is 37.4. The standard InChI is InChI=1S/C25H32O6.Na.H/c1-3-24(22(29)20(27)13-21(28)31-24)25(30)11-9-19-18-6-4-14-12-15(26)5-7-16(14)17(18)8-10-23(19,25)2;;/h4,6,12,16-20,27,30H,3,5,7-11,13H2,1-2H3;;/t16?,17-,18-,19?,20?,23-,24-,25-;;/m0../s1. The van der Waals surface area contributed by atoms with E-state index in [1.54, 1.807) is 13.0 Å². The summed E-state index contributed by atoms with van der Waals surface area (Å²) in [5.74, 6) is 0.238. The van der Waals surface area contributed by atoms with E-state index in [-0.39, 0.29) is 60.0 Å². The molecule has 32 heavy (non-hydrogen) atoms. The molecule has 5 rings (SSSR count). The molecule has 8 atom stereocenters. The van der Waals surface area contributed by atoms with Crippen LogP contribution in [0.1, 0.15) is 65.2 Å². The summed E-state index contributed by atoms with van der Waals surface area (Å²) in [5.41, 5.74) is -2.67. The molecule has 0 aromatic heterocycles. The number of ether oxygens (including phenoxy) is 1. The van der Waals surface area contributed by atoms with Gasteiger partial charge in [-0.25, -0.2) is 0 Å². The normalized spacial score (nSPS) is 47.6. The fraction of sp³-hybridized carbons (Fsp3) is 0.720. The molecular formula is C25H33NaO6. The second-order valence-corrected chi connectivity index (χ2v) is 10.6. The van der Waals surface area contributed by atoms with Gasteiger partial charge in [-0.1, -0.05) is 26.0 Å². The molecular weight excluding hydrogens is 419 g/mol. The van der Waals surface area contributed by atoms with E-state index in [4.69, 9.17) is 4.74 Å². The monoisotopic (exact) mass is 452 g/mol. The minimum atomic E-state index is -1.70. The third-order valence-corrected chi connectivity index (χ3v) is 9.54. The number of fused-ring (bicyclic) bond motifs is 5. The van der Waals surface area contributed by atoms with Gasteiger partial charge in [0, 0.05) is 11.8 Å². The van der Waals surface area contributed by atoms with E-state index in [9.17, 15) is 24.6 Å². The molecule has 2 saturated carbocycles. The summed E-state index contributed by atoms with van der Waals surface area (Å²) in [7, 11) is 0. The molecule has 0 radical (unpaired) electrons. The predicted octanol–water partition coefficient (Wildman–Crippen LogP) is 2.01. The summed E-state index contributed by atoms with van der Waals surface area (Å²) in [6.07, 6.45) is 8.69. The predicted molar refractivity (Wildman–Crippen MR) is 119 cm³/mol. The van der Waals surface area contributed by atoms with Crippen molar-refractivity contribution >= 4 is 47.1 Å². The van der Waals surface area contributed by atoms with Crippen LogP contribution in [0.4, 0.5) is 0 Å². The molecule has 0 aromatic carbocycles. The molecule has 0 amide bonds. The molecule has 0 aromatic rings. The van der Waals surface area contributed by atoms with E-state index in [2.05, 4.69) is 12.2 Å². The van der Waals surface area contributed by atoms with Crippen molar-refractivity contribution in [2.75, 3.05) is 0 Å². The molecule has 7 heteroatoms. The summed E-state index contributed by atoms with van der Waals surface area (Å²) in [6.45, 7) is 3.80. The van der Waals surface area contributed by atoms with E-state index < -0.39 is 34.5 Å². The first-order valence-electron chi connectivity index (χ1n) is 11.8. The summed E-state index contributed by atoms with van der Waals surface area (Å²) in [5, 5.41) is 22.5. The topological polar surface area (TPSA) is 101 Å². The van der Waals surface area contributed by atoms with Crippen molar-refractivity contribution in [3.63, 3.8) is 0 Å². The number of aliphatic hydroxyl groups excluding tert-OH is 1. The van der Waals surface area contributed by atoms with Crippen LogP contribution >= 0.6 is 0 Å². The quantitative estimate of drug-likeness (QED) is 0.491. The molecule has 2 N–H and O–H groups in total. The number of cyclic esters (lactones) is 1. The Morgan fingerprint density at radius 3 is 2.62 bits per heavy atom. The second kappa shape index (κ2) is 8.16. The number of allylic oxidation sites excluding steroid dienone is 4. The number of aliphatic hydroxyl groups is 2. The first-order chi connectivity index (χ1) is 14.7. The Morgan fingerprint density at radius 1 is 1.16 bits per heavy atom. The van der Waals surface area contributed by atoms with Crippen LogP contribution in [0.25, 0.3) is 0 Å². The molecule has 1 heterocycles. The summed E-state index contributed by atoms with van der Waals surface area (Å²) < 4.78 is 5.68. The summed E-state index contributed by atoms with van der Waals surface area (Å²) >= 11 is 0. The van der Waals surface area contributed by atoms with E-state index in [0.29, 0.717) is 24.7 Å². The number of esters is 1. The van der Waals surface area contributed by atoms with Gasteiger partial charge in [-0.15, -0.1) is 0 Å². The Kier molecular flexibility index (Phi) is 6.20. The Balaban J connectivity index is 0.00000245. The second-order valence-electron chi connectivity index (χ2n) is 10.6. The SMILES string of the molecule is CC[C@]1([C@]2(O)CCC3[C@H]4C=CC5=CC(=O)CCC5[C@@H]4CC[C@@]32C)OC(=O)CC(O)C1=O.[NaH]. The van der Waals surface area contributed by atoms with Gasteiger partial charge < -0.3 is 14.9 Å². The number of carbonyl (C=O) groups is 3. The maximum absolute atomic E-state index is 13.2. The Morgan fingerprint density at radius 2 is 1.91 bits per heavy atom. The van der Waals surface area contributed by atoms with E-state index in [1.165, 1.54) is 0 Å². The molecule has 1 aliphatic heterocycles. The van der Waals surface area contributed by atoms with E-state index in [0.717, 1.165) is 31.3 Å². The van der Waals surface area contributed by atoms with Gasteiger partial charge in [0.25, 0.3) is 0 Å². The van der Waals surface area contributed by atoms with Crippen LogP contribution in [0.2, 0.25) is 0 Å². The van der Waals surface area contributed by atoms with Crippen molar-refractivity contribution in [3.8, 4) is 0 Å². The van der Waals surface area contributed by atoms with E-state index in [1.807, 2.05) is 6.92 Å². The van der Waals surface area contributed by atoms with Crippen molar-refractivity contribution < 1.29 is 29.3 Å². The fourth-order valence-electron chi connectivity index (χ4n) is 7.97. The van der Waals surface area contributed by atoms with Gasteiger partial charge >= 0.3 is 35.5 Å². The number of ketones is 2. The molecule has 0 spiro atoms. The zero-order chi connectivity index (χ0) is 22.2. The molecule has 3 fully saturated rings. The van der Waals surface area contributed by atoms with Crippen LogP contribution in [0.5, 0.6) is 0 Å². The van der Waals surface area contributed by atoms with Crippen molar-refractivity contribution in [1.29, 1.82) is 0 Å². The number of Topliss-reactive ketones (excluding diaryl/α,β-unsaturated/α-hetero) is 1. The van der Waals surface area contributed by atoms with Gasteiger partial charge in [-0.2, -0.15) is 0 Å². The number of hydrogen-bond acceptors (Lipinski definition) is 6. The zero-order valence-corrected chi connectivity index (χ0v) is 18.3. The average molecular weight is 453 g/mol. The van der Waals surface area contributed by atoms with Crippen molar-refractivity contribution in [1.82, 2.24) is 0 Å². The molecule has 170 valence electrons. The average Bonchev–Trinajstić information content (AvgIpc) is 3.02. The Labute approximate surface area is 211 Å². The van der Waals surface area contributed by atoms with Gasteiger partial charge in [-0.05, 0) is 73.8 Å². The van der Waals surface area contributed by atoms with Crippen molar-refractivity contribution in [2.45, 2.75) is 82.5 Å². The number of rotatable bonds is 2. The van der Waals surface area contributed by atoms with Gasteiger partial charge in [0.1, 0.15) is 11.7 Å². The maximum atomic E-state index is 13.2. The van der Waals surface area contributed by atoms with Gasteiger partial charge in [0.05, 0.1) is 6.42 Å². The van der Waals surface area contributed by atoms with Gasteiger partial charge in [0.2, 0.25) is 11.4 Å².